The maximum Gasteiger partial charge on any atom is 0.163 e. The SMILES string of the molecule is Cc1cc(C#N)nn1-c1nc(-n2cnc3cc(Br)ccc32)ccc1C1CC1. The van der Waals surface area contributed by atoms with Crippen LogP contribution in [0.5, 0.6) is 0 Å². The number of imidazole rings is 1. The lowest BCUT2D eigenvalue weighted by molar-refractivity contribution is 0.788. The fourth-order valence-electron chi connectivity index (χ4n) is 3.38. The summed E-state index contributed by atoms with van der Waals surface area (Å²) in [5.74, 6) is 2.10. The van der Waals surface area contributed by atoms with Gasteiger partial charge in [-0.1, -0.05) is 22.0 Å². The van der Waals surface area contributed by atoms with E-state index in [2.05, 4.69) is 38.1 Å². The van der Waals surface area contributed by atoms with Gasteiger partial charge in [-0.3, -0.25) is 4.57 Å². The second-order valence-corrected chi connectivity index (χ2v) is 7.71. The molecule has 1 aliphatic rings. The van der Waals surface area contributed by atoms with Crippen molar-refractivity contribution in [2.45, 2.75) is 25.7 Å². The van der Waals surface area contributed by atoms with Crippen molar-refractivity contribution in [3.63, 3.8) is 0 Å². The van der Waals surface area contributed by atoms with E-state index in [9.17, 15) is 5.26 Å². The zero-order valence-corrected chi connectivity index (χ0v) is 16.2. The molecule has 5 rings (SSSR count). The number of fused-ring (bicyclic) bond motifs is 1. The molecule has 1 aliphatic carbocycles. The number of aryl methyl sites for hydroxylation is 1. The zero-order chi connectivity index (χ0) is 18.5. The van der Waals surface area contributed by atoms with Crippen molar-refractivity contribution in [2.24, 2.45) is 0 Å². The number of pyridine rings is 1. The summed E-state index contributed by atoms with van der Waals surface area (Å²) in [6.45, 7) is 1.95. The lowest BCUT2D eigenvalue weighted by Crippen LogP contribution is -2.09. The molecule has 132 valence electrons. The number of nitrogens with zero attached hydrogens (tertiary/aromatic N) is 6. The maximum atomic E-state index is 9.20. The third-order valence-electron chi connectivity index (χ3n) is 4.87. The van der Waals surface area contributed by atoms with Crippen molar-refractivity contribution >= 4 is 27.0 Å². The monoisotopic (exact) mass is 418 g/mol. The van der Waals surface area contributed by atoms with Crippen LogP contribution in [0, 0.1) is 18.3 Å². The average molecular weight is 419 g/mol. The van der Waals surface area contributed by atoms with Crippen LogP contribution in [0.2, 0.25) is 0 Å². The van der Waals surface area contributed by atoms with Crippen molar-refractivity contribution in [3.05, 3.63) is 64.1 Å². The van der Waals surface area contributed by atoms with Gasteiger partial charge in [-0.2, -0.15) is 10.4 Å². The number of hydrogen-bond acceptors (Lipinski definition) is 4. The fraction of sp³-hybridized carbons (Fsp3) is 0.200. The molecule has 3 heterocycles. The molecule has 0 amide bonds. The predicted molar refractivity (Wildman–Crippen MR) is 105 cm³/mol. The van der Waals surface area contributed by atoms with Gasteiger partial charge in [0.05, 0.1) is 11.0 Å². The van der Waals surface area contributed by atoms with Gasteiger partial charge in [0.25, 0.3) is 0 Å². The zero-order valence-electron chi connectivity index (χ0n) is 14.6. The highest BCUT2D eigenvalue weighted by Gasteiger charge is 2.28. The third-order valence-corrected chi connectivity index (χ3v) is 5.36. The van der Waals surface area contributed by atoms with E-state index in [1.165, 1.54) is 18.4 Å². The highest BCUT2D eigenvalue weighted by molar-refractivity contribution is 9.10. The Balaban J connectivity index is 1.70. The molecule has 0 spiro atoms. The van der Waals surface area contributed by atoms with Crippen LogP contribution in [0.3, 0.4) is 0 Å². The Morgan fingerprint density at radius 3 is 2.78 bits per heavy atom. The van der Waals surface area contributed by atoms with Crippen LogP contribution < -0.4 is 0 Å². The molecule has 0 atom stereocenters. The van der Waals surface area contributed by atoms with Crippen LogP contribution in [-0.4, -0.2) is 24.3 Å². The third kappa shape index (κ3) is 2.73. The van der Waals surface area contributed by atoms with Crippen molar-refractivity contribution in [1.82, 2.24) is 24.3 Å². The van der Waals surface area contributed by atoms with Crippen LogP contribution in [-0.2, 0) is 0 Å². The van der Waals surface area contributed by atoms with E-state index >= 15 is 0 Å². The second-order valence-electron chi connectivity index (χ2n) is 6.80. The quantitative estimate of drug-likeness (QED) is 0.493. The topological polar surface area (TPSA) is 72.3 Å². The van der Waals surface area contributed by atoms with E-state index in [0.29, 0.717) is 11.6 Å². The Morgan fingerprint density at radius 2 is 2.04 bits per heavy atom. The summed E-state index contributed by atoms with van der Waals surface area (Å²) in [5, 5.41) is 13.6. The lowest BCUT2D eigenvalue weighted by Gasteiger charge is -2.12. The number of hydrogen-bond donors (Lipinski definition) is 0. The summed E-state index contributed by atoms with van der Waals surface area (Å²) in [7, 11) is 0. The van der Waals surface area contributed by atoms with Crippen LogP contribution in [0.15, 0.2) is 47.2 Å². The molecule has 7 heteroatoms. The first-order valence-corrected chi connectivity index (χ1v) is 9.54. The molecule has 6 nitrogen and oxygen atoms in total. The summed E-state index contributed by atoms with van der Waals surface area (Å²) < 4.78 is 4.76. The van der Waals surface area contributed by atoms with Crippen molar-refractivity contribution in [3.8, 4) is 17.7 Å². The molecule has 0 saturated heterocycles. The first kappa shape index (κ1) is 16.2. The van der Waals surface area contributed by atoms with Crippen LogP contribution >= 0.6 is 15.9 Å². The van der Waals surface area contributed by atoms with Gasteiger partial charge in [-0.15, -0.1) is 0 Å². The minimum atomic E-state index is 0.402. The Morgan fingerprint density at radius 1 is 1.19 bits per heavy atom. The number of rotatable bonds is 3. The summed E-state index contributed by atoms with van der Waals surface area (Å²) in [6, 6.07) is 14.1. The standard InChI is InChI=1S/C20H15BrN6/c1-12-8-15(10-22)25-27(12)20-16(13-2-3-13)5-7-19(24-20)26-11-23-17-9-14(21)4-6-18(17)26/h4-9,11,13H,2-3H2,1H3. The normalized spacial score (nSPS) is 13.8. The average Bonchev–Trinajstić information content (AvgIpc) is 3.33. The van der Waals surface area contributed by atoms with Crippen LogP contribution in [0.1, 0.15) is 35.7 Å². The maximum absolute atomic E-state index is 9.20. The van der Waals surface area contributed by atoms with Crippen molar-refractivity contribution in [1.29, 1.82) is 5.26 Å². The second kappa shape index (κ2) is 6.03. The van der Waals surface area contributed by atoms with Gasteiger partial charge in [0.15, 0.2) is 11.5 Å². The van der Waals surface area contributed by atoms with E-state index in [4.69, 9.17) is 4.98 Å². The molecule has 0 aliphatic heterocycles. The largest absolute Gasteiger partial charge is 0.283 e. The van der Waals surface area contributed by atoms with Crippen molar-refractivity contribution < 1.29 is 0 Å². The van der Waals surface area contributed by atoms with Gasteiger partial charge in [0, 0.05) is 15.7 Å². The molecule has 3 aromatic heterocycles. The summed E-state index contributed by atoms with van der Waals surface area (Å²) in [6.07, 6.45) is 4.12. The molecule has 1 aromatic carbocycles. The minimum Gasteiger partial charge on any atom is -0.283 e. The van der Waals surface area contributed by atoms with Gasteiger partial charge < -0.3 is 0 Å². The van der Waals surface area contributed by atoms with Gasteiger partial charge in [-0.05, 0) is 56.0 Å². The van der Waals surface area contributed by atoms with Crippen LogP contribution in [0.4, 0.5) is 0 Å². The van der Waals surface area contributed by atoms with E-state index in [1.807, 2.05) is 35.8 Å². The Bertz CT molecular complexity index is 1230. The number of aromatic nitrogens is 5. The van der Waals surface area contributed by atoms with E-state index in [0.717, 1.165) is 32.8 Å². The Kier molecular flexibility index (Phi) is 3.62. The molecule has 0 radical (unpaired) electrons. The Labute approximate surface area is 164 Å². The molecular weight excluding hydrogens is 404 g/mol. The molecule has 0 N–H and O–H groups in total. The highest BCUT2D eigenvalue weighted by Crippen LogP contribution is 2.42. The molecule has 0 bridgehead atoms. The Hall–Kier alpha value is -2.98. The number of benzene rings is 1. The van der Waals surface area contributed by atoms with E-state index in [1.54, 1.807) is 17.1 Å². The summed E-state index contributed by atoms with van der Waals surface area (Å²) in [5.41, 5.74) is 4.38. The van der Waals surface area contributed by atoms with Gasteiger partial charge >= 0.3 is 0 Å². The predicted octanol–water partition coefficient (Wildman–Crippen LogP) is 4.43. The van der Waals surface area contributed by atoms with E-state index < -0.39 is 0 Å². The first-order valence-electron chi connectivity index (χ1n) is 8.75. The lowest BCUT2D eigenvalue weighted by atomic mass is 10.1. The number of nitriles is 1. The molecular formula is C20H15BrN6. The first-order chi connectivity index (χ1) is 13.1. The fourth-order valence-corrected chi connectivity index (χ4v) is 3.73. The molecule has 4 aromatic rings. The van der Waals surface area contributed by atoms with Gasteiger partial charge in [0.1, 0.15) is 18.2 Å². The number of halogens is 1. The summed E-state index contributed by atoms with van der Waals surface area (Å²) in [4.78, 5) is 9.42. The summed E-state index contributed by atoms with van der Waals surface area (Å²) >= 11 is 3.49. The highest BCUT2D eigenvalue weighted by atomic mass is 79.9. The minimum absolute atomic E-state index is 0.402. The van der Waals surface area contributed by atoms with Gasteiger partial charge in [0.2, 0.25) is 0 Å². The van der Waals surface area contributed by atoms with Crippen LogP contribution in [0.25, 0.3) is 22.7 Å². The molecule has 1 saturated carbocycles. The molecule has 1 fully saturated rings. The van der Waals surface area contributed by atoms with Crippen molar-refractivity contribution in [2.75, 3.05) is 0 Å². The smallest absolute Gasteiger partial charge is 0.163 e. The molecule has 0 unspecified atom stereocenters. The van der Waals surface area contributed by atoms with Gasteiger partial charge in [-0.25, -0.2) is 14.6 Å². The van der Waals surface area contributed by atoms with E-state index in [-0.39, 0.29) is 0 Å². The molecule has 27 heavy (non-hydrogen) atoms.